The second-order valence-electron chi connectivity index (χ2n) is 8.03. The maximum Gasteiger partial charge on any atom is 0.176 e. The summed E-state index contributed by atoms with van der Waals surface area (Å²) in [5.74, 6) is -4.12. The van der Waals surface area contributed by atoms with Gasteiger partial charge >= 0.3 is 0 Å². The van der Waals surface area contributed by atoms with Crippen LogP contribution < -0.4 is 0 Å². The Bertz CT molecular complexity index is 1150. The fraction of sp³-hybridized carbons (Fsp3) is 0.259. The molecule has 0 aromatic heterocycles. The van der Waals surface area contributed by atoms with Gasteiger partial charge in [0.2, 0.25) is 0 Å². The normalized spacial score (nSPS) is 18.3. The Morgan fingerprint density at radius 3 is 1.88 bits per heavy atom. The summed E-state index contributed by atoms with van der Waals surface area (Å²) in [7, 11) is 0. The van der Waals surface area contributed by atoms with Gasteiger partial charge < -0.3 is 9.47 Å². The van der Waals surface area contributed by atoms with Gasteiger partial charge in [0.05, 0.1) is 13.2 Å². The molecule has 0 saturated carbocycles. The van der Waals surface area contributed by atoms with Crippen molar-refractivity contribution >= 4 is 0 Å². The number of aryl methyl sites for hydroxylation is 1. The first-order valence-corrected chi connectivity index (χ1v) is 10.9. The van der Waals surface area contributed by atoms with Crippen molar-refractivity contribution in [1.82, 2.24) is 0 Å². The third-order valence-corrected chi connectivity index (χ3v) is 5.86. The first-order chi connectivity index (χ1) is 15.9. The van der Waals surface area contributed by atoms with Gasteiger partial charge in [0, 0.05) is 17.0 Å². The van der Waals surface area contributed by atoms with E-state index in [1.54, 1.807) is 36.4 Å². The Hall–Kier alpha value is -2.96. The van der Waals surface area contributed by atoms with Crippen LogP contribution in [0.1, 0.15) is 30.4 Å². The molecule has 1 fully saturated rings. The molecule has 2 nitrogen and oxygen atoms in total. The van der Waals surface area contributed by atoms with Gasteiger partial charge in [-0.25, -0.2) is 17.6 Å². The molecule has 1 saturated heterocycles. The van der Waals surface area contributed by atoms with Crippen molar-refractivity contribution in [2.24, 2.45) is 0 Å². The Balaban J connectivity index is 1.59. The molecule has 33 heavy (non-hydrogen) atoms. The highest BCUT2D eigenvalue weighted by Gasteiger charge is 2.26. The maximum absolute atomic E-state index is 14.9. The molecule has 6 heteroatoms. The van der Waals surface area contributed by atoms with E-state index < -0.39 is 35.5 Å². The van der Waals surface area contributed by atoms with Crippen LogP contribution in [0.3, 0.4) is 0 Å². The van der Waals surface area contributed by atoms with Crippen LogP contribution in [-0.2, 0) is 15.9 Å². The third kappa shape index (κ3) is 4.59. The molecule has 0 spiro atoms. The molecule has 4 rings (SSSR count). The van der Waals surface area contributed by atoms with E-state index in [-0.39, 0.29) is 29.9 Å². The number of halogens is 4. The number of hydrogen-bond acceptors (Lipinski definition) is 2. The summed E-state index contributed by atoms with van der Waals surface area (Å²) in [5.41, 5.74) is 1.59. The van der Waals surface area contributed by atoms with Gasteiger partial charge in [-0.3, -0.25) is 0 Å². The van der Waals surface area contributed by atoms with Crippen LogP contribution >= 0.6 is 0 Å². The predicted octanol–water partition coefficient (Wildman–Crippen LogP) is 7.17. The summed E-state index contributed by atoms with van der Waals surface area (Å²) < 4.78 is 69.5. The zero-order valence-electron chi connectivity index (χ0n) is 18.2. The first-order valence-electron chi connectivity index (χ1n) is 10.9. The summed E-state index contributed by atoms with van der Waals surface area (Å²) in [5, 5.41) is 0. The molecule has 3 aromatic rings. The van der Waals surface area contributed by atoms with E-state index in [1.807, 2.05) is 6.92 Å². The van der Waals surface area contributed by atoms with Gasteiger partial charge in [-0.2, -0.15) is 0 Å². The molecule has 0 radical (unpaired) electrons. The van der Waals surface area contributed by atoms with Crippen molar-refractivity contribution in [3.63, 3.8) is 0 Å². The zero-order valence-corrected chi connectivity index (χ0v) is 18.2. The molecular formula is C27H24F4O2. The highest BCUT2D eigenvalue weighted by molar-refractivity contribution is 5.71. The molecular weight excluding hydrogens is 432 g/mol. The van der Waals surface area contributed by atoms with Crippen LogP contribution in [0.25, 0.3) is 22.3 Å². The maximum atomic E-state index is 14.9. The highest BCUT2D eigenvalue weighted by Crippen LogP contribution is 2.33. The molecule has 1 heterocycles. The lowest BCUT2D eigenvalue weighted by Crippen LogP contribution is -2.30. The van der Waals surface area contributed by atoms with Gasteiger partial charge in [-0.05, 0) is 34.8 Å². The highest BCUT2D eigenvalue weighted by atomic mass is 19.2. The van der Waals surface area contributed by atoms with Gasteiger partial charge in [-0.1, -0.05) is 68.5 Å². The van der Waals surface area contributed by atoms with Crippen molar-refractivity contribution < 1.29 is 27.0 Å². The van der Waals surface area contributed by atoms with E-state index >= 15 is 0 Å². The Morgan fingerprint density at radius 2 is 1.33 bits per heavy atom. The fourth-order valence-corrected chi connectivity index (χ4v) is 4.04. The molecule has 0 unspecified atom stereocenters. The second-order valence-corrected chi connectivity index (χ2v) is 8.03. The average molecular weight is 456 g/mol. The molecule has 1 aliphatic rings. The van der Waals surface area contributed by atoms with Gasteiger partial charge in [0.15, 0.2) is 29.6 Å². The van der Waals surface area contributed by atoms with Crippen molar-refractivity contribution in [1.29, 1.82) is 0 Å². The lowest BCUT2D eigenvalue weighted by molar-refractivity contribution is -0.159. The SMILES string of the molecule is C=CC1OCC(c2ccc(-c3ccc(-c4ccc(CCC)c(F)c4F)cc3)c(F)c2F)CO1. The molecule has 0 atom stereocenters. The van der Waals surface area contributed by atoms with Crippen LogP contribution in [0.2, 0.25) is 0 Å². The van der Waals surface area contributed by atoms with Crippen LogP contribution in [0.4, 0.5) is 17.6 Å². The minimum absolute atomic E-state index is 0.0781. The minimum Gasteiger partial charge on any atom is -0.348 e. The zero-order chi connectivity index (χ0) is 23.5. The minimum atomic E-state index is -0.979. The number of hydrogen-bond donors (Lipinski definition) is 0. The molecule has 3 aromatic carbocycles. The third-order valence-electron chi connectivity index (χ3n) is 5.86. The monoisotopic (exact) mass is 456 g/mol. The van der Waals surface area contributed by atoms with Crippen LogP contribution in [0.5, 0.6) is 0 Å². The molecule has 172 valence electrons. The molecule has 0 aliphatic carbocycles. The standard InChI is InChI=1S/C27H24F4O2/c1-3-5-18-10-11-20(25(29)24(18)28)16-6-8-17(9-7-16)21-12-13-22(27(31)26(21)30)19-14-32-23(4-2)33-15-19/h4,6-13,19,23H,2-3,5,14-15H2,1H3. The topological polar surface area (TPSA) is 18.5 Å². The molecule has 0 amide bonds. The lowest BCUT2D eigenvalue weighted by Gasteiger charge is -2.28. The Morgan fingerprint density at radius 1 is 0.788 bits per heavy atom. The molecule has 1 aliphatic heterocycles. The lowest BCUT2D eigenvalue weighted by atomic mass is 9.94. The number of benzene rings is 3. The quantitative estimate of drug-likeness (QED) is 0.289. The first kappa shape index (κ1) is 23.2. The van der Waals surface area contributed by atoms with Crippen LogP contribution in [0.15, 0.2) is 61.2 Å². The summed E-state index contributed by atoms with van der Waals surface area (Å²) in [6, 6.07) is 12.4. The molecule has 0 N–H and O–H groups in total. The van der Waals surface area contributed by atoms with Crippen LogP contribution in [0, 0.1) is 23.3 Å². The number of rotatable bonds is 6. The van der Waals surface area contributed by atoms with Crippen LogP contribution in [-0.4, -0.2) is 19.5 Å². The largest absolute Gasteiger partial charge is 0.348 e. The smallest absolute Gasteiger partial charge is 0.176 e. The van der Waals surface area contributed by atoms with E-state index in [2.05, 4.69) is 6.58 Å². The Labute approximate surface area is 190 Å². The fourth-order valence-electron chi connectivity index (χ4n) is 4.04. The second kappa shape index (κ2) is 9.89. The van der Waals surface area contributed by atoms with Crippen molar-refractivity contribution in [3.05, 3.63) is 95.6 Å². The van der Waals surface area contributed by atoms with Crippen molar-refractivity contribution in [2.75, 3.05) is 13.2 Å². The summed E-state index contributed by atoms with van der Waals surface area (Å²) in [6.07, 6.45) is 2.12. The number of ether oxygens (including phenoxy) is 2. The van der Waals surface area contributed by atoms with Gasteiger partial charge in [0.1, 0.15) is 0 Å². The van der Waals surface area contributed by atoms with E-state index in [0.29, 0.717) is 29.5 Å². The van der Waals surface area contributed by atoms with E-state index in [9.17, 15) is 17.6 Å². The summed E-state index contributed by atoms with van der Waals surface area (Å²) in [4.78, 5) is 0. The van der Waals surface area contributed by atoms with Gasteiger partial charge in [0.25, 0.3) is 0 Å². The molecule has 0 bridgehead atoms. The van der Waals surface area contributed by atoms with E-state index in [4.69, 9.17) is 9.47 Å². The summed E-state index contributed by atoms with van der Waals surface area (Å²) in [6.45, 7) is 5.87. The summed E-state index contributed by atoms with van der Waals surface area (Å²) >= 11 is 0. The van der Waals surface area contributed by atoms with Crippen molar-refractivity contribution in [2.45, 2.75) is 32.0 Å². The average Bonchev–Trinajstić information content (AvgIpc) is 2.84. The predicted molar refractivity (Wildman–Crippen MR) is 120 cm³/mol. The van der Waals surface area contributed by atoms with Gasteiger partial charge in [-0.15, -0.1) is 0 Å². The Kier molecular flexibility index (Phi) is 6.96. The van der Waals surface area contributed by atoms with E-state index in [0.717, 1.165) is 0 Å². The van der Waals surface area contributed by atoms with Crippen molar-refractivity contribution in [3.8, 4) is 22.3 Å². The van der Waals surface area contributed by atoms with E-state index in [1.165, 1.54) is 18.2 Å².